The third-order valence-corrected chi connectivity index (χ3v) is 1.88. The van der Waals surface area contributed by atoms with Crippen molar-refractivity contribution in [2.45, 2.75) is 32.6 Å². The average Bonchev–Trinajstić information content (AvgIpc) is 2.03. The monoisotopic (exact) mass is 185 g/mol. The molecule has 0 bridgehead atoms. The molecule has 0 atom stereocenters. The summed E-state index contributed by atoms with van der Waals surface area (Å²) in [7, 11) is 0. The molecular formula is C10H13F2N. The number of nitrogens with zero attached hydrogens (tertiary/aromatic N) is 1. The lowest BCUT2D eigenvalue weighted by Gasteiger charge is -2.11. The third-order valence-electron chi connectivity index (χ3n) is 1.88. The van der Waals surface area contributed by atoms with Gasteiger partial charge in [0.1, 0.15) is 0 Å². The largest absolute Gasteiger partial charge is 0.272 e. The van der Waals surface area contributed by atoms with E-state index in [1.54, 1.807) is 6.07 Å². The summed E-state index contributed by atoms with van der Waals surface area (Å²) in [5.41, 5.74) is 0.810. The van der Waals surface area contributed by atoms with Crippen molar-refractivity contribution in [1.29, 1.82) is 0 Å². The summed E-state index contributed by atoms with van der Waals surface area (Å²) < 4.78 is 25.5. The van der Waals surface area contributed by atoms with Gasteiger partial charge in [-0.25, -0.2) is 8.78 Å². The number of pyridine rings is 1. The van der Waals surface area contributed by atoms with E-state index in [4.69, 9.17) is 0 Å². The second-order valence-electron chi connectivity index (χ2n) is 3.51. The molecule has 0 unspecified atom stereocenters. The molecule has 0 aliphatic rings. The van der Waals surface area contributed by atoms with Crippen molar-refractivity contribution in [3.8, 4) is 0 Å². The van der Waals surface area contributed by atoms with Crippen molar-refractivity contribution >= 4 is 0 Å². The molecule has 1 heterocycles. The van der Waals surface area contributed by atoms with Gasteiger partial charge in [-0.1, -0.05) is 13.8 Å². The van der Waals surface area contributed by atoms with Crippen LogP contribution in [0.4, 0.5) is 8.78 Å². The van der Waals surface area contributed by atoms with Crippen molar-refractivity contribution in [3.05, 3.63) is 29.6 Å². The number of hydrogen-bond acceptors (Lipinski definition) is 1. The Bertz CT molecular complexity index is 272. The molecule has 0 N–H and O–H groups in total. The maximum atomic E-state index is 12.7. The van der Waals surface area contributed by atoms with E-state index < -0.39 is 5.92 Å². The lowest BCUT2D eigenvalue weighted by atomic mass is 10.1. The minimum atomic E-state index is -2.79. The molecule has 1 aromatic heterocycles. The number of aromatic nitrogens is 1. The maximum Gasteiger partial charge on any atom is 0.272 e. The van der Waals surface area contributed by atoms with Crippen LogP contribution in [0.2, 0.25) is 0 Å². The van der Waals surface area contributed by atoms with Crippen LogP contribution in [0.5, 0.6) is 0 Å². The van der Waals surface area contributed by atoms with Crippen LogP contribution in [-0.4, -0.2) is 4.98 Å². The molecule has 0 saturated heterocycles. The van der Waals surface area contributed by atoms with E-state index in [1.165, 1.54) is 12.3 Å². The van der Waals surface area contributed by atoms with Gasteiger partial charge in [0.15, 0.2) is 0 Å². The normalized spacial score (nSPS) is 12.2. The maximum absolute atomic E-state index is 12.7. The van der Waals surface area contributed by atoms with E-state index in [1.807, 2.05) is 13.8 Å². The van der Waals surface area contributed by atoms with Gasteiger partial charge in [-0.2, -0.15) is 0 Å². The van der Waals surface area contributed by atoms with Gasteiger partial charge >= 0.3 is 0 Å². The van der Waals surface area contributed by atoms with Crippen LogP contribution in [0.25, 0.3) is 0 Å². The molecule has 13 heavy (non-hydrogen) atoms. The first-order chi connectivity index (χ1) is 5.91. The molecule has 1 aromatic rings. The van der Waals surface area contributed by atoms with Crippen LogP contribution in [0, 0.1) is 0 Å². The summed E-state index contributed by atoms with van der Waals surface area (Å²) >= 11 is 0. The molecule has 72 valence electrons. The van der Waals surface area contributed by atoms with E-state index in [9.17, 15) is 8.78 Å². The number of alkyl halides is 2. The van der Waals surface area contributed by atoms with Crippen molar-refractivity contribution in [2.75, 3.05) is 0 Å². The molecule has 0 aromatic carbocycles. The highest BCUT2D eigenvalue weighted by Gasteiger charge is 2.24. The second-order valence-corrected chi connectivity index (χ2v) is 3.51. The van der Waals surface area contributed by atoms with Gasteiger partial charge in [-0.3, -0.25) is 4.98 Å². The zero-order valence-electron chi connectivity index (χ0n) is 8.01. The fourth-order valence-corrected chi connectivity index (χ4v) is 1.01. The van der Waals surface area contributed by atoms with E-state index in [2.05, 4.69) is 4.98 Å². The lowest BCUT2D eigenvalue weighted by Crippen LogP contribution is -2.07. The Morgan fingerprint density at radius 2 is 1.92 bits per heavy atom. The van der Waals surface area contributed by atoms with Gasteiger partial charge in [-0.05, 0) is 18.1 Å². The Kier molecular flexibility index (Phi) is 2.64. The zero-order valence-corrected chi connectivity index (χ0v) is 8.01. The first-order valence-corrected chi connectivity index (χ1v) is 4.25. The quantitative estimate of drug-likeness (QED) is 0.688. The molecule has 0 aliphatic heterocycles. The first-order valence-electron chi connectivity index (χ1n) is 4.25. The van der Waals surface area contributed by atoms with Gasteiger partial charge in [0.25, 0.3) is 5.92 Å². The van der Waals surface area contributed by atoms with Gasteiger partial charge in [-0.15, -0.1) is 0 Å². The Morgan fingerprint density at radius 3 is 2.23 bits per heavy atom. The lowest BCUT2D eigenvalue weighted by molar-refractivity contribution is 0.0171. The molecule has 0 saturated carbocycles. The summed E-state index contributed by atoms with van der Waals surface area (Å²) in [5, 5.41) is 0. The van der Waals surface area contributed by atoms with E-state index in [0.717, 1.165) is 12.6 Å². The molecule has 0 amide bonds. The topological polar surface area (TPSA) is 12.9 Å². The predicted octanol–water partition coefficient (Wildman–Crippen LogP) is 3.32. The van der Waals surface area contributed by atoms with Gasteiger partial charge in [0, 0.05) is 24.4 Å². The standard InChI is InChI=1S/C10H13F2N/c1-7(2)9-5-4-8(6-13-9)10(3,11)12/h4-7H,1-3H3. The van der Waals surface area contributed by atoms with Crippen molar-refractivity contribution in [1.82, 2.24) is 4.98 Å². The zero-order chi connectivity index (χ0) is 10.1. The Labute approximate surface area is 76.8 Å². The molecule has 0 aliphatic carbocycles. The third kappa shape index (κ3) is 2.47. The molecule has 0 spiro atoms. The fourth-order valence-electron chi connectivity index (χ4n) is 1.01. The Hall–Kier alpha value is -0.990. The minimum Gasteiger partial charge on any atom is -0.261 e. The highest BCUT2D eigenvalue weighted by molar-refractivity contribution is 5.19. The Morgan fingerprint density at radius 1 is 1.31 bits per heavy atom. The molecule has 0 fully saturated rings. The van der Waals surface area contributed by atoms with Crippen LogP contribution in [-0.2, 0) is 5.92 Å². The van der Waals surface area contributed by atoms with E-state index >= 15 is 0 Å². The minimum absolute atomic E-state index is 0.0306. The van der Waals surface area contributed by atoms with Gasteiger partial charge in [0.05, 0.1) is 0 Å². The smallest absolute Gasteiger partial charge is 0.261 e. The summed E-state index contributed by atoms with van der Waals surface area (Å²) in [6.07, 6.45) is 1.25. The summed E-state index contributed by atoms with van der Waals surface area (Å²) in [5.74, 6) is -2.51. The second kappa shape index (κ2) is 3.40. The molecule has 1 nitrogen and oxygen atoms in total. The van der Waals surface area contributed by atoms with Crippen molar-refractivity contribution < 1.29 is 8.78 Å². The van der Waals surface area contributed by atoms with Gasteiger partial charge < -0.3 is 0 Å². The highest BCUT2D eigenvalue weighted by Crippen LogP contribution is 2.26. The van der Waals surface area contributed by atoms with Crippen LogP contribution < -0.4 is 0 Å². The number of hydrogen-bond donors (Lipinski definition) is 0. The molecule has 1 rings (SSSR count). The van der Waals surface area contributed by atoms with Crippen LogP contribution >= 0.6 is 0 Å². The van der Waals surface area contributed by atoms with Gasteiger partial charge in [0.2, 0.25) is 0 Å². The number of rotatable bonds is 2. The molecular weight excluding hydrogens is 172 g/mol. The Balaban J connectivity index is 2.94. The molecule has 3 heteroatoms. The van der Waals surface area contributed by atoms with E-state index in [-0.39, 0.29) is 11.5 Å². The van der Waals surface area contributed by atoms with Crippen LogP contribution in [0.1, 0.15) is 37.9 Å². The SMILES string of the molecule is CC(C)c1ccc(C(C)(F)F)cn1. The molecule has 0 radical (unpaired) electrons. The van der Waals surface area contributed by atoms with Crippen LogP contribution in [0.3, 0.4) is 0 Å². The summed E-state index contributed by atoms with van der Waals surface area (Å²) in [4.78, 5) is 3.96. The predicted molar refractivity (Wildman–Crippen MR) is 47.9 cm³/mol. The summed E-state index contributed by atoms with van der Waals surface area (Å²) in [6, 6.07) is 3.08. The summed E-state index contributed by atoms with van der Waals surface area (Å²) in [6.45, 7) is 4.83. The number of halogens is 2. The first kappa shape index (κ1) is 10.1. The van der Waals surface area contributed by atoms with E-state index in [0.29, 0.717) is 0 Å². The van der Waals surface area contributed by atoms with Crippen molar-refractivity contribution in [2.24, 2.45) is 0 Å². The highest BCUT2D eigenvalue weighted by atomic mass is 19.3. The van der Waals surface area contributed by atoms with Crippen molar-refractivity contribution in [3.63, 3.8) is 0 Å². The van der Waals surface area contributed by atoms with Crippen LogP contribution in [0.15, 0.2) is 18.3 Å². The fraction of sp³-hybridized carbons (Fsp3) is 0.500. The average molecular weight is 185 g/mol.